The summed E-state index contributed by atoms with van der Waals surface area (Å²) in [7, 11) is 0. The number of anilines is 1. The lowest BCUT2D eigenvalue weighted by atomic mass is 10.0. The molecule has 4 aromatic carbocycles. The second kappa shape index (κ2) is 7.69. The van der Waals surface area contributed by atoms with Crippen LogP contribution in [0.15, 0.2) is 91.0 Å². The van der Waals surface area contributed by atoms with Crippen molar-refractivity contribution in [3.63, 3.8) is 0 Å². The maximum atomic E-state index is 13.2. The molecular weight excluding hydrogens is 380 g/mol. The first kappa shape index (κ1) is 19.0. The minimum Gasteiger partial charge on any atom is -0.321 e. The van der Waals surface area contributed by atoms with Crippen LogP contribution in [0.5, 0.6) is 0 Å². The molecule has 0 fully saturated rings. The molecule has 5 aromatic rings. The Hall–Kier alpha value is -3.98. The highest BCUT2D eigenvalue weighted by Gasteiger charge is 2.15. The molecule has 3 nitrogen and oxygen atoms in total. The maximum Gasteiger partial charge on any atom is 0.257 e. The van der Waals surface area contributed by atoms with Gasteiger partial charge in [-0.2, -0.15) is 0 Å². The molecule has 0 saturated carbocycles. The van der Waals surface area contributed by atoms with Crippen molar-refractivity contribution in [2.75, 3.05) is 5.32 Å². The number of hydrogen-bond acceptors (Lipinski definition) is 2. The summed E-state index contributed by atoms with van der Waals surface area (Å²) < 4.78 is 0. The predicted molar refractivity (Wildman–Crippen MR) is 129 cm³/mol. The number of benzene rings is 4. The molecule has 0 aliphatic carbocycles. The minimum atomic E-state index is -0.148. The van der Waals surface area contributed by atoms with Gasteiger partial charge in [0.25, 0.3) is 5.91 Å². The molecular formula is C28H22N2O. The average molecular weight is 402 g/mol. The highest BCUT2D eigenvalue weighted by molar-refractivity contribution is 6.12. The molecule has 0 aliphatic heterocycles. The third-order valence-corrected chi connectivity index (χ3v) is 5.75. The number of rotatable bonds is 3. The van der Waals surface area contributed by atoms with Crippen LogP contribution in [-0.2, 0) is 0 Å². The van der Waals surface area contributed by atoms with Crippen molar-refractivity contribution >= 4 is 33.3 Å². The van der Waals surface area contributed by atoms with Crippen LogP contribution in [0, 0.1) is 13.8 Å². The Labute approximate surface area is 181 Å². The maximum absolute atomic E-state index is 13.2. The number of nitrogens with zero attached hydrogens (tertiary/aromatic N) is 1. The SMILES string of the molecule is Cc1cccc(C)c1NC(=O)c1cccc2ccc(-c3cccc4ccccc34)nc12. The molecule has 31 heavy (non-hydrogen) atoms. The summed E-state index contributed by atoms with van der Waals surface area (Å²) in [5, 5.41) is 6.36. The average Bonchev–Trinajstić information content (AvgIpc) is 2.80. The van der Waals surface area contributed by atoms with E-state index < -0.39 is 0 Å². The number of fused-ring (bicyclic) bond motifs is 2. The van der Waals surface area contributed by atoms with Gasteiger partial charge >= 0.3 is 0 Å². The first-order valence-corrected chi connectivity index (χ1v) is 10.4. The standard InChI is InChI=1S/C28H22N2O/c1-18-8-5-9-19(2)26(18)30-28(31)24-15-7-12-21-16-17-25(29-27(21)24)23-14-6-11-20-10-3-4-13-22(20)23/h3-17H,1-2H3,(H,30,31). The lowest BCUT2D eigenvalue weighted by Gasteiger charge is -2.13. The summed E-state index contributed by atoms with van der Waals surface area (Å²) in [5.74, 6) is -0.148. The number of carbonyl (C=O) groups excluding carboxylic acids is 1. The van der Waals surface area contributed by atoms with Crippen molar-refractivity contribution in [2.45, 2.75) is 13.8 Å². The van der Waals surface area contributed by atoms with Crippen LogP contribution in [0.3, 0.4) is 0 Å². The fraction of sp³-hybridized carbons (Fsp3) is 0.0714. The van der Waals surface area contributed by atoms with Crippen LogP contribution in [0.25, 0.3) is 32.9 Å². The zero-order valence-corrected chi connectivity index (χ0v) is 17.5. The van der Waals surface area contributed by atoms with Crippen molar-refractivity contribution in [2.24, 2.45) is 0 Å². The van der Waals surface area contributed by atoms with Gasteiger partial charge in [0.1, 0.15) is 0 Å². The van der Waals surface area contributed by atoms with Gasteiger partial charge in [-0.25, -0.2) is 4.98 Å². The van der Waals surface area contributed by atoms with Gasteiger partial charge in [0.05, 0.1) is 16.8 Å². The minimum absolute atomic E-state index is 0.148. The molecule has 1 aromatic heterocycles. The quantitative estimate of drug-likeness (QED) is 0.356. The Morgan fingerprint density at radius 3 is 2.23 bits per heavy atom. The molecule has 0 aliphatic rings. The van der Waals surface area contributed by atoms with Crippen LogP contribution in [0.4, 0.5) is 5.69 Å². The fourth-order valence-corrected chi connectivity index (χ4v) is 4.12. The molecule has 0 radical (unpaired) electrons. The third-order valence-electron chi connectivity index (χ3n) is 5.75. The zero-order chi connectivity index (χ0) is 21.4. The highest BCUT2D eigenvalue weighted by atomic mass is 16.1. The second-order valence-electron chi connectivity index (χ2n) is 7.82. The van der Waals surface area contributed by atoms with E-state index in [0.717, 1.165) is 38.8 Å². The number of amides is 1. The van der Waals surface area contributed by atoms with Gasteiger partial charge in [-0.05, 0) is 47.9 Å². The van der Waals surface area contributed by atoms with Crippen LogP contribution < -0.4 is 5.32 Å². The lowest BCUT2D eigenvalue weighted by Crippen LogP contribution is -2.14. The van der Waals surface area contributed by atoms with Crippen LogP contribution in [0.1, 0.15) is 21.5 Å². The molecule has 150 valence electrons. The van der Waals surface area contributed by atoms with Gasteiger partial charge in [-0.1, -0.05) is 78.9 Å². The Kier molecular flexibility index (Phi) is 4.72. The molecule has 3 heteroatoms. The summed E-state index contributed by atoms with van der Waals surface area (Å²) >= 11 is 0. The molecule has 1 heterocycles. The highest BCUT2D eigenvalue weighted by Crippen LogP contribution is 2.30. The summed E-state index contributed by atoms with van der Waals surface area (Å²) in [6.45, 7) is 4.01. The van der Waals surface area contributed by atoms with E-state index in [0.29, 0.717) is 11.1 Å². The van der Waals surface area contributed by atoms with E-state index in [-0.39, 0.29) is 5.91 Å². The third kappa shape index (κ3) is 3.44. The number of aromatic nitrogens is 1. The molecule has 1 amide bonds. The first-order chi connectivity index (χ1) is 15.1. The summed E-state index contributed by atoms with van der Waals surface area (Å²) in [6, 6.07) is 30.3. The van der Waals surface area contributed by atoms with Gasteiger partial charge in [-0.3, -0.25) is 4.79 Å². The van der Waals surface area contributed by atoms with E-state index >= 15 is 0 Å². The van der Waals surface area contributed by atoms with Gasteiger partial charge in [0.2, 0.25) is 0 Å². The molecule has 5 rings (SSSR count). The molecule has 0 saturated heterocycles. The van der Waals surface area contributed by atoms with E-state index in [1.807, 2.05) is 80.6 Å². The number of carbonyl (C=O) groups is 1. The summed E-state index contributed by atoms with van der Waals surface area (Å²) in [6.07, 6.45) is 0. The van der Waals surface area contributed by atoms with Crippen molar-refractivity contribution in [1.29, 1.82) is 0 Å². The van der Waals surface area contributed by atoms with E-state index in [1.54, 1.807) is 0 Å². The second-order valence-corrected chi connectivity index (χ2v) is 7.82. The van der Waals surface area contributed by atoms with Crippen molar-refractivity contribution < 1.29 is 4.79 Å². The van der Waals surface area contributed by atoms with Gasteiger partial charge in [-0.15, -0.1) is 0 Å². The Morgan fingerprint density at radius 2 is 1.39 bits per heavy atom. The Morgan fingerprint density at radius 1 is 0.710 bits per heavy atom. The van der Waals surface area contributed by atoms with E-state index in [9.17, 15) is 4.79 Å². The Bertz CT molecular complexity index is 1430. The summed E-state index contributed by atoms with van der Waals surface area (Å²) in [5.41, 5.74) is 6.13. The number of nitrogens with one attached hydrogen (secondary N) is 1. The zero-order valence-electron chi connectivity index (χ0n) is 17.5. The van der Waals surface area contributed by atoms with E-state index in [2.05, 4.69) is 29.6 Å². The number of aryl methyl sites for hydroxylation is 2. The molecule has 0 bridgehead atoms. The topological polar surface area (TPSA) is 42.0 Å². The molecule has 0 atom stereocenters. The number of hydrogen-bond donors (Lipinski definition) is 1. The van der Waals surface area contributed by atoms with Gasteiger partial charge < -0.3 is 5.32 Å². The smallest absolute Gasteiger partial charge is 0.257 e. The largest absolute Gasteiger partial charge is 0.321 e. The fourth-order valence-electron chi connectivity index (χ4n) is 4.12. The number of para-hydroxylation sites is 2. The van der Waals surface area contributed by atoms with E-state index in [1.165, 1.54) is 5.39 Å². The number of pyridine rings is 1. The predicted octanol–water partition coefficient (Wildman–Crippen LogP) is 6.92. The van der Waals surface area contributed by atoms with Crippen molar-refractivity contribution in [3.05, 3.63) is 108 Å². The lowest BCUT2D eigenvalue weighted by molar-refractivity contribution is 0.102. The Balaban J connectivity index is 1.63. The van der Waals surface area contributed by atoms with Gasteiger partial charge in [0.15, 0.2) is 0 Å². The van der Waals surface area contributed by atoms with Gasteiger partial charge in [0, 0.05) is 16.6 Å². The molecule has 0 spiro atoms. The monoisotopic (exact) mass is 402 g/mol. The normalized spacial score (nSPS) is 11.0. The van der Waals surface area contributed by atoms with Crippen LogP contribution >= 0.6 is 0 Å². The molecule has 0 unspecified atom stereocenters. The van der Waals surface area contributed by atoms with E-state index in [4.69, 9.17) is 4.98 Å². The van der Waals surface area contributed by atoms with Crippen LogP contribution in [-0.4, -0.2) is 10.9 Å². The first-order valence-electron chi connectivity index (χ1n) is 10.4. The van der Waals surface area contributed by atoms with Crippen molar-refractivity contribution in [1.82, 2.24) is 4.98 Å². The van der Waals surface area contributed by atoms with Crippen molar-refractivity contribution in [3.8, 4) is 11.3 Å². The van der Waals surface area contributed by atoms with Crippen LogP contribution in [0.2, 0.25) is 0 Å². The molecule has 1 N–H and O–H groups in total. The summed E-state index contributed by atoms with van der Waals surface area (Å²) in [4.78, 5) is 18.2.